The summed E-state index contributed by atoms with van der Waals surface area (Å²) in [7, 11) is 1.95. The Balaban J connectivity index is 2.31. The van der Waals surface area contributed by atoms with E-state index in [-0.39, 0.29) is 16.3 Å². The van der Waals surface area contributed by atoms with E-state index in [2.05, 4.69) is 4.90 Å². The third kappa shape index (κ3) is 3.35. The molecule has 1 atom stereocenters. The number of carbonyl (C=O) groups excluding carboxylic acids is 1. The molecule has 0 spiro atoms. The van der Waals surface area contributed by atoms with Gasteiger partial charge < -0.3 is 9.80 Å². The number of rotatable bonds is 3. The normalized spacial score (nSPS) is 16.9. The van der Waals surface area contributed by atoms with E-state index in [0.717, 1.165) is 0 Å². The number of likely N-dealkylation sites (N-methyl/N-ethyl adjacent to an activating group) is 1. The van der Waals surface area contributed by atoms with E-state index in [9.17, 15) is 20.2 Å². The second-order valence-electron chi connectivity index (χ2n) is 5.15. The number of amides is 1. The molecular weight excluding hydrogens is 308 g/mol. The van der Waals surface area contributed by atoms with Crippen molar-refractivity contribution in [3.05, 3.63) is 38.9 Å². The molecule has 0 radical (unpaired) electrons. The van der Waals surface area contributed by atoms with E-state index in [4.69, 9.17) is 11.6 Å². The van der Waals surface area contributed by atoms with E-state index in [0.29, 0.717) is 26.2 Å². The van der Waals surface area contributed by atoms with Crippen LogP contribution in [0.5, 0.6) is 0 Å². The molecule has 0 aliphatic carbocycles. The fourth-order valence-electron chi connectivity index (χ4n) is 2.39. The fraction of sp³-hybridized carbons (Fsp3) is 0.429. The maximum atomic E-state index is 12.5. The van der Waals surface area contributed by atoms with Crippen LogP contribution in [0.2, 0.25) is 5.02 Å². The van der Waals surface area contributed by atoms with Crippen molar-refractivity contribution < 1.29 is 9.72 Å². The van der Waals surface area contributed by atoms with E-state index >= 15 is 0 Å². The number of carbonyl (C=O) groups is 1. The fourth-order valence-corrected chi connectivity index (χ4v) is 2.55. The van der Waals surface area contributed by atoms with Gasteiger partial charge in [-0.25, -0.2) is 0 Å². The van der Waals surface area contributed by atoms with E-state index in [1.807, 2.05) is 13.1 Å². The van der Waals surface area contributed by atoms with Crippen LogP contribution in [0.15, 0.2) is 18.2 Å². The number of hydrogen-bond acceptors (Lipinski definition) is 5. The summed E-state index contributed by atoms with van der Waals surface area (Å²) < 4.78 is 0. The van der Waals surface area contributed by atoms with E-state index in [1.54, 1.807) is 4.90 Å². The van der Waals surface area contributed by atoms with Gasteiger partial charge in [0.15, 0.2) is 5.92 Å². The van der Waals surface area contributed by atoms with Gasteiger partial charge in [0.25, 0.3) is 5.69 Å². The Bertz CT molecular complexity index is 635. The topological polar surface area (TPSA) is 90.5 Å². The predicted molar refractivity (Wildman–Crippen MR) is 80.5 cm³/mol. The number of nitro groups is 1. The second kappa shape index (κ2) is 6.73. The number of nitrogens with zero attached hydrogens (tertiary/aromatic N) is 4. The molecule has 1 aromatic carbocycles. The average Bonchev–Trinajstić information content (AvgIpc) is 2.49. The van der Waals surface area contributed by atoms with Crippen molar-refractivity contribution >= 4 is 23.2 Å². The highest BCUT2D eigenvalue weighted by molar-refractivity contribution is 6.30. The van der Waals surface area contributed by atoms with Gasteiger partial charge in [0.2, 0.25) is 5.91 Å². The largest absolute Gasteiger partial charge is 0.339 e. The molecule has 1 saturated heterocycles. The van der Waals surface area contributed by atoms with Crippen LogP contribution in [-0.4, -0.2) is 53.9 Å². The summed E-state index contributed by atoms with van der Waals surface area (Å²) in [4.78, 5) is 26.7. The number of nitro benzene ring substituents is 1. The molecule has 1 fully saturated rings. The number of nitriles is 1. The maximum absolute atomic E-state index is 12.5. The first-order valence-electron chi connectivity index (χ1n) is 6.75. The molecule has 1 heterocycles. The van der Waals surface area contributed by atoms with Crippen molar-refractivity contribution in [2.24, 2.45) is 0 Å². The number of piperazine rings is 1. The minimum Gasteiger partial charge on any atom is -0.339 e. The Morgan fingerprint density at radius 3 is 2.59 bits per heavy atom. The zero-order valence-electron chi connectivity index (χ0n) is 12.0. The SMILES string of the molecule is CN1CCN(C(=O)C(C#N)c2ccc(Cl)cc2[N+](=O)[O-])CC1. The third-order valence-corrected chi connectivity index (χ3v) is 3.93. The van der Waals surface area contributed by atoms with Crippen LogP contribution in [0, 0.1) is 21.4 Å². The van der Waals surface area contributed by atoms with Crippen molar-refractivity contribution in [2.75, 3.05) is 33.2 Å². The van der Waals surface area contributed by atoms with Crippen LogP contribution in [0.4, 0.5) is 5.69 Å². The number of hydrogen-bond donors (Lipinski definition) is 0. The van der Waals surface area contributed by atoms with Crippen LogP contribution in [0.25, 0.3) is 0 Å². The molecule has 1 amide bonds. The molecule has 116 valence electrons. The molecule has 22 heavy (non-hydrogen) atoms. The van der Waals surface area contributed by atoms with Gasteiger partial charge in [-0.2, -0.15) is 5.26 Å². The standard InChI is InChI=1S/C14H15ClN4O3/c1-17-4-6-18(7-5-17)14(20)12(9-16)11-3-2-10(15)8-13(11)19(21)22/h2-3,8,12H,4-7H2,1H3. The lowest BCUT2D eigenvalue weighted by atomic mass is 9.97. The van der Waals surface area contributed by atoms with Crippen LogP contribution < -0.4 is 0 Å². The Morgan fingerprint density at radius 1 is 1.41 bits per heavy atom. The van der Waals surface area contributed by atoms with Crippen molar-refractivity contribution in [3.8, 4) is 6.07 Å². The highest BCUT2D eigenvalue weighted by Gasteiger charge is 2.32. The third-order valence-electron chi connectivity index (χ3n) is 3.69. The lowest BCUT2D eigenvalue weighted by molar-refractivity contribution is -0.385. The number of halogens is 1. The van der Waals surface area contributed by atoms with Gasteiger partial charge in [-0.1, -0.05) is 11.6 Å². The Kier molecular flexibility index (Phi) is 4.96. The summed E-state index contributed by atoms with van der Waals surface area (Å²) in [6, 6.07) is 5.88. The molecule has 1 aliphatic rings. The van der Waals surface area contributed by atoms with Gasteiger partial charge in [-0.15, -0.1) is 0 Å². The molecule has 0 bridgehead atoms. The van der Waals surface area contributed by atoms with Crippen LogP contribution >= 0.6 is 11.6 Å². The van der Waals surface area contributed by atoms with Crippen molar-refractivity contribution in [1.29, 1.82) is 5.26 Å². The molecule has 0 aromatic heterocycles. The van der Waals surface area contributed by atoms with Crippen molar-refractivity contribution in [1.82, 2.24) is 9.80 Å². The zero-order valence-corrected chi connectivity index (χ0v) is 12.8. The van der Waals surface area contributed by atoms with Crippen LogP contribution in [0.3, 0.4) is 0 Å². The minimum atomic E-state index is -1.19. The quantitative estimate of drug-likeness (QED) is 0.623. The summed E-state index contributed by atoms with van der Waals surface area (Å²) in [6.45, 7) is 2.45. The summed E-state index contributed by atoms with van der Waals surface area (Å²) in [5.41, 5.74) is -0.220. The summed E-state index contributed by atoms with van der Waals surface area (Å²) in [5.74, 6) is -1.60. The molecule has 1 aliphatic heterocycles. The summed E-state index contributed by atoms with van der Waals surface area (Å²) >= 11 is 5.76. The molecule has 7 nitrogen and oxygen atoms in total. The highest BCUT2D eigenvalue weighted by atomic mass is 35.5. The van der Waals surface area contributed by atoms with Gasteiger partial charge >= 0.3 is 0 Å². The molecule has 1 aromatic rings. The Hall–Kier alpha value is -2.17. The zero-order chi connectivity index (χ0) is 16.3. The number of benzene rings is 1. The molecule has 0 saturated carbocycles. The lowest BCUT2D eigenvalue weighted by Crippen LogP contribution is -2.48. The molecule has 8 heteroatoms. The van der Waals surface area contributed by atoms with Crippen LogP contribution in [0.1, 0.15) is 11.5 Å². The first kappa shape index (κ1) is 16.2. The predicted octanol–water partition coefficient (Wildman–Crippen LogP) is 1.63. The first-order chi connectivity index (χ1) is 10.4. The van der Waals surface area contributed by atoms with Gasteiger partial charge in [0, 0.05) is 37.3 Å². The Morgan fingerprint density at radius 2 is 2.05 bits per heavy atom. The monoisotopic (exact) mass is 322 g/mol. The molecule has 2 rings (SSSR count). The maximum Gasteiger partial charge on any atom is 0.275 e. The second-order valence-corrected chi connectivity index (χ2v) is 5.59. The van der Waals surface area contributed by atoms with Gasteiger partial charge in [-0.3, -0.25) is 14.9 Å². The summed E-state index contributed by atoms with van der Waals surface area (Å²) in [6.07, 6.45) is 0. The van der Waals surface area contributed by atoms with Crippen LogP contribution in [-0.2, 0) is 4.79 Å². The first-order valence-corrected chi connectivity index (χ1v) is 7.12. The molecule has 0 N–H and O–H groups in total. The van der Waals surface area contributed by atoms with Crippen molar-refractivity contribution in [3.63, 3.8) is 0 Å². The lowest BCUT2D eigenvalue weighted by Gasteiger charge is -2.33. The smallest absolute Gasteiger partial charge is 0.275 e. The van der Waals surface area contributed by atoms with Crippen molar-refractivity contribution in [2.45, 2.75) is 5.92 Å². The minimum absolute atomic E-state index is 0.0841. The van der Waals surface area contributed by atoms with Gasteiger partial charge in [0.05, 0.1) is 16.6 Å². The summed E-state index contributed by atoms with van der Waals surface area (Å²) in [5, 5.41) is 20.7. The van der Waals surface area contributed by atoms with E-state index < -0.39 is 16.7 Å². The van der Waals surface area contributed by atoms with E-state index in [1.165, 1.54) is 18.2 Å². The highest BCUT2D eigenvalue weighted by Crippen LogP contribution is 2.30. The van der Waals surface area contributed by atoms with Gasteiger partial charge in [-0.05, 0) is 19.2 Å². The molecular formula is C14H15ClN4O3. The van der Waals surface area contributed by atoms with Gasteiger partial charge in [0.1, 0.15) is 0 Å². The Labute approximate surface area is 132 Å². The average molecular weight is 323 g/mol. The molecule has 1 unspecified atom stereocenters.